The van der Waals surface area contributed by atoms with Gasteiger partial charge in [0.15, 0.2) is 0 Å². The molecule has 0 aromatic heterocycles. The second-order valence-electron chi connectivity index (χ2n) is 5.82. The van der Waals surface area contributed by atoms with Gasteiger partial charge < -0.3 is 5.32 Å². The summed E-state index contributed by atoms with van der Waals surface area (Å²) in [7, 11) is 0. The Morgan fingerprint density at radius 2 is 1.81 bits per heavy atom. The minimum atomic E-state index is -1.22. The molecule has 1 saturated heterocycles. The molecule has 1 heterocycles. The van der Waals surface area contributed by atoms with Crippen LogP contribution < -0.4 is 10.7 Å². The predicted molar refractivity (Wildman–Crippen MR) is 99.5 cm³/mol. The first-order valence-corrected chi connectivity index (χ1v) is 9.17. The first-order valence-electron chi connectivity index (χ1n) is 7.81. The largest absolute Gasteiger partial charge is 0.344 e. The van der Waals surface area contributed by atoms with E-state index in [-0.39, 0.29) is 5.75 Å². The van der Waals surface area contributed by atoms with E-state index in [2.05, 4.69) is 10.7 Å². The van der Waals surface area contributed by atoms with Crippen molar-refractivity contribution in [2.75, 3.05) is 5.75 Å². The number of urea groups is 1. The second-order valence-corrected chi connectivity index (χ2v) is 7.24. The van der Waals surface area contributed by atoms with E-state index in [4.69, 9.17) is 11.6 Å². The molecule has 1 fully saturated rings. The third kappa shape index (κ3) is 3.54. The lowest BCUT2D eigenvalue weighted by atomic mass is 9.92. The summed E-state index contributed by atoms with van der Waals surface area (Å²) in [5.74, 6) is -0.997. The third-order valence-electron chi connectivity index (χ3n) is 3.97. The maximum Gasteiger partial charge on any atom is 0.344 e. The average molecular weight is 390 g/mol. The van der Waals surface area contributed by atoms with Crippen molar-refractivity contribution in [3.05, 3.63) is 65.2 Å². The minimum absolute atomic E-state index is 0.0167. The number of hydrogen-bond donors (Lipinski definition) is 2. The number of thioether (sulfide) groups is 1. The molecular formula is C18H16ClN3O3S. The summed E-state index contributed by atoms with van der Waals surface area (Å²) in [6, 6.07) is 15.3. The summed E-state index contributed by atoms with van der Waals surface area (Å²) in [6.07, 6.45) is 0. The van der Waals surface area contributed by atoms with E-state index < -0.39 is 23.4 Å². The zero-order valence-electron chi connectivity index (χ0n) is 13.9. The van der Waals surface area contributed by atoms with Gasteiger partial charge in [0.05, 0.1) is 10.8 Å². The van der Waals surface area contributed by atoms with Crippen molar-refractivity contribution in [2.45, 2.75) is 17.4 Å². The van der Waals surface area contributed by atoms with Crippen LogP contribution in [0.15, 0.2) is 59.5 Å². The van der Waals surface area contributed by atoms with Crippen LogP contribution in [-0.4, -0.2) is 28.6 Å². The Hall–Kier alpha value is -2.51. The highest BCUT2D eigenvalue weighted by molar-refractivity contribution is 8.00. The zero-order chi connectivity index (χ0) is 18.7. The molecule has 134 valence electrons. The van der Waals surface area contributed by atoms with E-state index in [0.29, 0.717) is 10.6 Å². The van der Waals surface area contributed by atoms with Gasteiger partial charge in [-0.3, -0.25) is 15.0 Å². The number of amides is 4. The summed E-state index contributed by atoms with van der Waals surface area (Å²) in [5.41, 5.74) is 1.78. The molecule has 1 aliphatic rings. The highest BCUT2D eigenvalue weighted by Gasteiger charge is 2.49. The summed E-state index contributed by atoms with van der Waals surface area (Å²) in [4.78, 5) is 37.8. The maximum absolute atomic E-state index is 12.7. The Bertz CT molecular complexity index is 862. The summed E-state index contributed by atoms with van der Waals surface area (Å²) in [5, 5.41) is 3.89. The van der Waals surface area contributed by atoms with Crippen LogP contribution in [0, 0.1) is 0 Å². The van der Waals surface area contributed by atoms with Gasteiger partial charge in [0.1, 0.15) is 5.54 Å². The van der Waals surface area contributed by atoms with Crippen molar-refractivity contribution >= 4 is 41.2 Å². The molecule has 8 heteroatoms. The van der Waals surface area contributed by atoms with Gasteiger partial charge in [-0.05, 0) is 24.6 Å². The number of nitrogens with one attached hydrogen (secondary N) is 2. The summed E-state index contributed by atoms with van der Waals surface area (Å²) < 4.78 is 0. The highest BCUT2D eigenvalue weighted by atomic mass is 35.5. The van der Waals surface area contributed by atoms with Gasteiger partial charge in [0.2, 0.25) is 5.91 Å². The van der Waals surface area contributed by atoms with Crippen LogP contribution >= 0.6 is 23.4 Å². The molecule has 3 rings (SSSR count). The molecule has 0 radical (unpaired) electrons. The SMILES string of the molecule is C[C@]1(c2ccccc2)NC(=O)N(NC(=O)CSc2ccccc2Cl)C1=O. The quantitative estimate of drug-likeness (QED) is 0.608. The van der Waals surface area contributed by atoms with Crippen molar-refractivity contribution in [3.8, 4) is 0 Å². The molecule has 1 atom stereocenters. The van der Waals surface area contributed by atoms with Gasteiger partial charge in [-0.25, -0.2) is 4.79 Å². The van der Waals surface area contributed by atoms with Gasteiger partial charge in [0, 0.05) is 4.90 Å². The average Bonchev–Trinajstić information content (AvgIpc) is 2.86. The smallest absolute Gasteiger partial charge is 0.318 e. The third-order valence-corrected chi connectivity index (χ3v) is 5.49. The lowest BCUT2D eigenvalue weighted by Gasteiger charge is -2.22. The Morgan fingerprint density at radius 1 is 1.15 bits per heavy atom. The first kappa shape index (κ1) is 18.3. The van der Waals surface area contributed by atoms with E-state index in [9.17, 15) is 14.4 Å². The molecule has 0 saturated carbocycles. The molecule has 6 nitrogen and oxygen atoms in total. The van der Waals surface area contributed by atoms with E-state index in [1.807, 2.05) is 12.1 Å². The van der Waals surface area contributed by atoms with Crippen LogP contribution in [0.2, 0.25) is 5.02 Å². The fourth-order valence-corrected chi connectivity index (χ4v) is 3.60. The molecule has 26 heavy (non-hydrogen) atoms. The maximum atomic E-state index is 12.7. The Morgan fingerprint density at radius 3 is 2.50 bits per heavy atom. The summed E-state index contributed by atoms with van der Waals surface area (Å²) >= 11 is 7.27. The molecule has 0 unspecified atom stereocenters. The molecule has 4 amide bonds. The number of carbonyl (C=O) groups is 3. The second kappa shape index (κ2) is 7.39. The number of hydrogen-bond acceptors (Lipinski definition) is 4. The van der Waals surface area contributed by atoms with E-state index in [0.717, 1.165) is 9.90 Å². The number of carbonyl (C=O) groups excluding carboxylic acids is 3. The molecule has 0 aliphatic carbocycles. The number of imide groups is 1. The number of halogens is 1. The fourth-order valence-electron chi connectivity index (χ4n) is 2.57. The van der Waals surface area contributed by atoms with Crippen LogP contribution in [0.25, 0.3) is 0 Å². The predicted octanol–water partition coefficient (Wildman–Crippen LogP) is 2.93. The summed E-state index contributed by atoms with van der Waals surface area (Å²) in [6.45, 7) is 1.60. The van der Waals surface area contributed by atoms with Crippen LogP contribution in [0.5, 0.6) is 0 Å². The van der Waals surface area contributed by atoms with Gasteiger partial charge in [0.25, 0.3) is 5.91 Å². The highest BCUT2D eigenvalue weighted by Crippen LogP contribution is 2.28. The zero-order valence-corrected chi connectivity index (χ0v) is 15.4. The Balaban J connectivity index is 1.66. The standard InChI is InChI=1S/C18H16ClN3O3S/c1-18(12-7-3-2-4-8-12)16(24)22(17(25)20-18)21-15(23)11-26-14-10-6-5-9-13(14)19/h2-10H,11H2,1H3,(H,20,25)(H,21,23)/t18-/m1/s1. The van der Waals surface area contributed by atoms with Crippen molar-refractivity contribution in [1.29, 1.82) is 0 Å². The molecular weight excluding hydrogens is 374 g/mol. The van der Waals surface area contributed by atoms with Crippen molar-refractivity contribution in [2.24, 2.45) is 0 Å². The number of rotatable bonds is 5. The van der Waals surface area contributed by atoms with Crippen LogP contribution in [0.1, 0.15) is 12.5 Å². The van der Waals surface area contributed by atoms with Gasteiger partial charge in [-0.2, -0.15) is 5.01 Å². The van der Waals surface area contributed by atoms with Crippen molar-refractivity contribution in [1.82, 2.24) is 15.8 Å². The fraction of sp³-hybridized carbons (Fsp3) is 0.167. The Labute approximate surface area is 159 Å². The van der Waals surface area contributed by atoms with Gasteiger partial charge >= 0.3 is 6.03 Å². The van der Waals surface area contributed by atoms with Crippen LogP contribution in [-0.2, 0) is 15.1 Å². The first-order chi connectivity index (χ1) is 12.4. The molecule has 2 N–H and O–H groups in total. The lowest BCUT2D eigenvalue weighted by Crippen LogP contribution is -2.48. The molecule has 1 aliphatic heterocycles. The monoisotopic (exact) mass is 389 g/mol. The van der Waals surface area contributed by atoms with Crippen molar-refractivity contribution < 1.29 is 14.4 Å². The molecule has 2 aromatic carbocycles. The Kier molecular flexibility index (Phi) is 5.20. The van der Waals surface area contributed by atoms with Crippen LogP contribution in [0.4, 0.5) is 4.79 Å². The van der Waals surface area contributed by atoms with Gasteiger partial charge in [-0.15, -0.1) is 11.8 Å². The molecule has 0 bridgehead atoms. The number of benzene rings is 2. The van der Waals surface area contributed by atoms with Crippen LogP contribution in [0.3, 0.4) is 0 Å². The number of hydrazine groups is 1. The van der Waals surface area contributed by atoms with Gasteiger partial charge in [-0.1, -0.05) is 54.1 Å². The molecule has 0 spiro atoms. The molecule has 2 aromatic rings. The minimum Gasteiger partial charge on any atom is -0.318 e. The van der Waals surface area contributed by atoms with Crippen molar-refractivity contribution in [3.63, 3.8) is 0 Å². The van der Waals surface area contributed by atoms with E-state index in [1.165, 1.54) is 11.8 Å². The topological polar surface area (TPSA) is 78.5 Å². The lowest BCUT2D eigenvalue weighted by molar-refractivity contribution is -0.138. The van der Waals surface area contributed by atoms with E-state index in [1.54, 1.807) is 49.4 Å². The van der Waals surface area contributed by atoms with E-state index >= 15 is 0 Å². The normalized spacial score (nSPS) is 19.4. The number of nitrogens with zero attached hydrogens (tertiary/aromatic N) is 1.